The Labute approximate surface area is 77.2 Å². The van der Waals surface area contributed by atoms with E-state index in [0.717, 1.165) is 0 Å². The Morgan fingerprint density at radius 2 is 0.400 bits per heavy atom. The Morgan fingerprint density at radius 1 is 0.400 bits per heavy atom. The summed E-state index contributed by atoms with van der Waals surface area (Å²) in [5.74, 6) is 0. The van der Waals surface area contributed by atoms with E-state index in [4.69, 9.17) is 0 Å². The van der Waals surface area contributed by atoms with Crippen molar-refractivity contribution in [3.8, 4) is 0 Å². The van der Waals surface area contributed by atoms with Gasteiger partial charge >= 0.3 is 0 Å². The Bertz CT molecular complexity index is 3.61. The van der Waals surface area contributed by atoms with E-state index in [9.17, 15) is 0 Å². The number of hydrogen-bond donors (Lipinski definition) is 0. The summed E-state index contributed by atoms with van der Waals surface area (Å²) in [6.45, 7) is 0. The van der Waals surface area contributed by atoms with E-state index in [1.54, 1.807) is 0 Å². The van der Waals surface area contributed by atoms with Gasteiger partial charge in [-0.2, -0.15) is 9.90 Å². The van der Waals surface area contributed by atoms with Gasteiger partial charge in [-0.15, -0.1) is 67.9 Å². The van der Waals surface area contributed by atoms with Crippen LogP contribution in [0.15, 0.2) is 0 Å². The van der Waals surface area contributed by atoms with Crippen LogP contribution in [0.4, 0.5) is 0 Å². The van der Waals surface area contributed by atoms with E-state index >= 15 is 0 Å². The molecule has 1 unspecified atom stereocenters. The highest BCUT2D eigenvalue weighted by molar-refractivity contribution is 8.93. The second-order valence-corrected chi connectivity index (χ2v) is 0. The maximum Gasteiger partial charge on any atom is -0.114 e. The molecule has 0 rings (SSSR count). The third-order valence-electron chi connectivity index (χ3n) is 0. The first kappa shape index (κ1) is 53.7. The molecule has 0 aliphatic carbocycles. The fourth-order valence-electron chi connectivity index (χ4n) is 0. The van der Waals surface area contributed by atoms with Gasteiger partial charge in [0, 0.05) is 0 Å². The minimum absolute atomic E-state index is 0. The first-order valence-corrected chi connectivity index (χ1v) is 0. The molecule has 5 heteroatoms. The molecule has 1 atom stereocenters. The molecule has 0 aromatic heterocycles. The van der Waals surface area contributed by atoms with Crippen LogP contribution in [0.3, 0.4) is 0 Å². The topological polar surface area (TPSA) is 0 Å². The van der Waals surface area contributed by atoms with Gasteiger partial charge in [0.25, 0.3) is 0 Å². The van der Waals surface area contributed by atoms with Crippen LogP contribution >= 0.6 is 77.8 Å². The smallest absolute Gasteiger partial charge is 0.114 e. The standard InChI is InChI=1S/4BrH.H3P/h4*1H;1H3. The number of rotatable bonds is 0. The molecule has 5 heavy (non-hydrogen) atoms. The van der Waals surface area contributed by atoms with Gasteiger partial charge in [-0.1, -0.05) is 0 Å². The van der Waals surface area contributed by atoms with Crippen molar-refractivity contribution in [3.63, 3.8) is 0 Å². The number of halogens is 4. The van der Waals surface area contributed by atoms with Crippen LogP contribution in [0, 0.1) is 0 Å². The zero-order valence-corrected chi connectivity index (χ0v) is 10.6. The largest absolute Gasteiger partial charge is 0.153 e. The minimum atomic E-state index is 0. The number of hydrogen-bond acceptors (Lipinski definition) is 0. The summed E-state index contributed by atoms with van der Waals surface area (Å²) < 4.78 is 0. The first-order chi connectivity index (χ1) is 0. The molecule has 0 aromatic rings. The molecule has 0 saturated heterocycles. The maximum absolute atomic E-state index is 0. The Kier molecular flexibility index (Phi) is 353. The third-order valence-corrected chi connectivity index (χ3v) is 0. The van der Waals surface area contributed by atoms with Crippen molar-refractivity contribution < 1.29 is 0 Å². The van der Waals surface area contributed by atoms with E-state index in [2.05, 4.69) is 0 Å². The molecule has 0 N–H and O–H groups in total. The highest BCUT2D eigenvalue weighted by Gasteiger charge is -0.111. The molecule has 40 valence electrons. The van der Waals surface area contributed by atoms with Gasteiger partial charge in [-0.3, -0.25) is 0 Å². The monoisotopic (exact) mass is 354 g/mol. The Morgan fingerprint density at radius 3 is 0.400 bits per heavy atom. The van der Waals surface area contributed by atoms with Crippen LogP contribution in [0.5, 0.6) is 0 Å². The lowest BCUT2D eigenvalue weighted by molar-refractivity contribution is 6.92. The SMILES string of the molecule is Br.Br.Br.Br.P. The van der Waals surface area contributed by atoms with Crippen molar-refractivity contribution in [2.24, 2.45) is 0 Å². The first-order valence-electron chi connectivity index (χ1n) is 0. The molecular weight excluding hydrogens is 351 g/mol. The van der Waals surface area contributed by atoms with Crippen molar-refractivity contribution in [2.75, 3.05) is 0 Å². The van der Waals surface area contributed by atoms with Crippen molar-refractivity contribution in [2.45, 2.75) is 0 Å². The average molecular weight is 358 g/mol. The van der Waals surface area contributed by atoms with Crippen LogP contribution in [-0.4, -0.2) is 0 Å². The second-order valence-electron chi connectivity index (χ2n) is 0. The summed E-state index contributed by atoms with van der Waals surface area (Å²) in [6.07, 6.45) is 0. The van der Waals surface area contributed by atoms with E-state index in [1.807, 2.05) is 0 Å². The summed E-state index contributed by atoms with van der Waals surface area (Å²) in [4.78, 5) is 0. The van der Waals surface area contributed by atoms with E-state index in [1.165, 1.54) is 0 Å². The predicted molar refractivity (Wildman–Crippen MR) is 52.4 cm³/mol. The lowest BCUT2D eigenvalue weighted by Crippen LogP contribution is 0.845. The van der Waals surface area contributed by atoms with Gasteiger partial charge in [0.2, 0.25) is 0 Å². The van der Waals surface area contributed by atoms with Gasteiger partial charge in [-0.25, -0.2) is 0 Å². The molecule has 0 heterocycles. The fourth-order valence-corrected chi connectivity index (χ4v) is 0. The van der Waals surface area contributed by atoms with E-state index < -0.39 is 0 Å². The molecule has 0 amide bonds. The zero-order chi connectivity index (χ0) is 0. The summed E-state index contributed by atoms with van der Waals surface area (Å²) >= 11 is 0. The third kappa shape index (κ3) is 21.8. The molecule has 0 radical (unpaired) electrons. The zero-order valence-electron chi connectivity index (χ0n) is 2.34. The predicted octanol–water partition coefficient (Wildman–Crippen LogP) is 2.37. The van der Waals surface area contributed by atoms with Gasteiger partial charge in [0.05, 0.1) is 0 Å². The average Bonchev–Trinajstić information content (AvgIpc) is 0. The molecule has 0 aliphatic heterocycles. The lowest BCUT2D eigenvalue weighted by Gasteiger charge is -0.153. The molecule has 0 saturated carbocycles. The van der Waals surface area contributed by atoms with Crippen molar-refractivity contribution in [3.05, 3.63) is 0 Å². The van der Waals surface area contributed by atoms with Gasteiger partial charge in [0.15, 0.2) is 0 Å². The normalized spacial score (nSPS) is 0. The lowest BCUT2D eigenvalue weighted by atomic mass is 31.0. The summed E-state index contributed by atoms with van der Waals surface area (Å²) in [6, 6.07) is 0. The summed E-state index contributed by atoms with van der Waals surface area (Å²) in [7, 11) is 0. The Balaban J connectivity index is 0. The Hall–Kier alpha value is 2.35. The van der Waals surface area contributed by atoms with Crippen LogP contribution in [0.1, 0.15) is 0 Å². The highest BCUT2D eigenvalue weighted by atomic mass is 79.9. The summed E-state index contributed by atoms with van der Waals surface area (Å²) in [5, 5.41) is 0. The van der Waals surface area contributed by atoms with Gasteiger partial charge < -0.3 is 0 Å². The quantitative estimate of drug-likeness (QED) is 0.584. The highest BCUT2D eigenvalue weighted by Crippen LogP contribution is 0.862. The van der Waals surface area contributed by atoms with Crippen LogP contribution < -0.4 is 0 Å². The van der Waals surface area contributed by atoms with Gasteiger partial charge in [-0.05, 0) is 0 Å². The van der Waals surface area contributed by atoms with Gasteiger partial charge in [0.1, 0.15) is 0 Å². The molecule has 0 nitrogen and oxygen atoms in total. The van der Waals surface area contributed by atoms with Crippen LogP contribution in [0.2, 0.25) is 0 Å². The second kappa shape index (κ2) is 32.9. The van der Waals surface area contributed by atoms with Crippen LogP contribution in [-0.2, 0) is 0 Å². The van der Waals surface area contributed by atoms with Crippen molar-refractivity contribution >= 4 is 77.8 Å². The molecule has 0 fully saturated rings. The molecular formula is H7Br4P. The summed E-state index contributed by atoms with van der Waals surface area (Å²) in [5.41, 5.74) is 0. The molecule has 0 spiro atoms. The van der Waals surface area contributed by atoms with Crippen molar-refractivity contribution in [1.29, 1.82) is 0 Å². The van der Waals surface area contributed by atoms with E-state index in [-0.39, 0.29) is 77.8 Å². The van der Waals surface area contributed by atoms with Crippen LogP contribution in [0.25, 0.3) is 0 Å². The maximum atomic E-state index is 0. The molecule has 0 aromatic carbocycles. The fraction of sp³-hybridized carbons (Fsp3) is 0. The van der Waals surface area contributed by atoms with Crippen molar-refractivity contribution in [1.82, 2.24) is 0 Å². The van der Waals surface area contributed by atoms with E-state index in [0.29, 0.717) is 0 Å². The molecule has 0 bridgehead atoms. The minimum Gasteiger partial charge on any atom is -0.153 e. The molecule has 0 aliphatic rings.